The fourth-order valence-electron chi connectivity index (χ4n) is 2.27. The summed E-state index contributed by atoms with van der Waals surface area (Å²) in [6.45, 7) is 3.51. The summed E-state index contributed by atoms with van der Waals surface area (Å²) in [6.07, 6.45) is 1.76. The molecule has 24 heavy (non-hydrogen) atoms. The van der Waals surface area contributed by atoms with Gasteiger partial charge in [-0.3, -0.25) is 4.79 Å². The van der Waals surface area contributed by atoms with Crippen LogP contribution in [0.15, 0.2) is 40.2 Å². The monoisotopic (exact) mass is 436 g/mol. The zero-order valence-corrected chi connectivity index (χ0v) is 15.9. The molecule has 1 saturated heterocycles. The van der Waals surface area contributed by atoms with Gasteiger partial charge in [0.05, 0.1) is 22.0 Å². The van der Waals surface area contributed by atoms with Gasteiger partial charge in [0.15, 0.2) is 9.84 Å². The molecule has 0 unspecified atom stereocenters. The maximum Gasteiger partial charge on any atom is 0.252 e. The van der Waals surface area contributed by atoms with Crippen LogP contribution in [0.5, 0.6) is 0 Å². The third-order valence-corrected chi connectivity index (χ3v) is 7.36. The van der Waals surface area contributed by atoms with Gasteiger partial charge in [-0.15, -0.1) is 6.58 Å². The molecule has 0 aliphatic carbocycles. The van der Waals surface area contributed by atoms with E-state index in [1.54, 1.807) is 0 Å². The van der Waals surface area contributed by atoms with E-state index in [0.717, 1.165) is 0 Å². The van der Waals surface area contributed by atoms with Crippen LogP contribution in [-0.2, 0) is 19.9 Å². The van der Waals surface area contributed by atoms with Crippen LogP contribution in [0, 0.1) is 0 Å². The quantitative estimate of drug-likeness (QED) is 0.641. The van der Waals surface area contributed by atoms with E-state index in [1.165, 1.54) is 24.3 Å². The minimum atomic E-state index is -3.76. The van der Waals surface area contributed by atoms with Crippen molar-refractivity contribution in [2.24, 2.45) is 0 Å². The van der Waals surface area contributed by atoms with Gasteiger partial charge in [-0.2, -0.15) is 0 Å². The molecule has 1 atom stereocenters. The molecule has 0 saturated carbocycles. The van der Waals surface area contributed by atoms with Crippen LogP contribution in [0.4, 0.5) is 0 Å². The van der Waals surface area contributed by atoms with E-state index in [2.05, 4.69) is 32.5 Å². The van der Waals surface area contributed by atoms with Crippen LogP contribution in [-0.4, -0.2) is 46.8 Å². The normalized spacial score (nSPS) is 19.8. The standard InChI is InChI=1S/C14H17BrN2O5S2/c1-2-6-16-24(21,22)11-3-4-13(15)12(8-11)14(18)17-10-5-7-23(19,20)9-10/h2-4,8,10,16H,1,5-7,9H2,(H,17,18)/t10-/m0/s1. The first-order valence-corrected chi connectivity index (χ1v) is 11.2. The lowest BCUT2D eigenvalue weighted by Crippen LogP contribution is -2.36. The molecule has 1 amide bonds. The molecule has 0 radical (unpaired) electrons. The maximum atomic E-state index is 12.4. The van der Waals surface area contributed by atoms with E-state index >= 15 is 0 Å². The lowest BCUT2D eigenvalue weighted by atomic mass is 10.2. The van der Waals surface area contributed by atoms with E-state index in [4.69, 9.17) is 0 Å². The molecule has 2 N–H and O–H groups in total. The molecule has 1 fully saturated rings. The second-order valence-corrected chi connectivity index (χ2v) is 10.2. The second kappa shape index (κ2) is 7.34. The molecule has 0 aromatic heterocycles. The molecule has 10 heteroatoms. The zero-order valence-electron chi connectivity index (χ0n) is 12.7. The Morgan fingerprint density at radius 1 is 1.42 bits per heavy atom. The molecule has 2 rings (SSSR count). The van der Waals surface area contributed by atoms with Crippen LogP contribution < -0.4 is 10.0 Å². The number of sulfone groups is 1. The highest BCUT2D eigenvalue weighted by Crippen LogP contribution is 2.22. The zero-order chi connectivity index (χ0) is 18.0. The molecule has 1 aliphatic rings. The molecule has 1 aromatic rings. The first-order chi connectivity index (χ1) is 11.1. The van der Waals surface area contributed by atoms with E-state index in [1.807, 2.05) is 0 Å². The van der Waals surface area contributed by atoms with Crippen molar-refractivity contribution >= 4 is 41.7 Å². The Morgan fingerprint density at radius 2 is 2.12 bits per heavy atom. The summed E-state index contributed by atoms with van der Waals surface area (Å²) >= 11 is 3.21. The molecular formula is C14H17BrN2O5S2. The summed E-state index contributed by atoms with van der Waals surface area (Å²) in [5.74, 6) is -0.585. The lowest BCUT2D eigenvalue weighted by Gasteiger charge is -2.13. The van der Waals surface area contributed by atoms with Crippen LogP contribution in [0.25, 0.3) is 0 Å². The summed E-state index contributed by atoms with van der Waals surface area (Å²) in [5, 5.41) is 2.63. The summed E-state index contributed by atoms with van der Waals surface area (Å²) in [4.78, 5) is 12.3. The number of carbonyl (C=O) groups excluding carboxylic acids is 1. The Balaban J connectivity index is 2.22. The van der Waals surface area contributed by atoms with E-state index in [-0.39, 0.29) is 28.5 Å². The Labute approximate surface area is 149 Å². The first-order valence-electron chi connectivity index (χ1n) is 7.06. The van der Waals surface area contributed by atoms with Gasteiger partial charge in [-0.1, -0.05) is 6.08 Å². The number of halogens is 1. The third-order valence-electron chi connectivity index (χ3n) is 3.48. The predicted octanol–water partition coefficient (Wildman–Crippen LogP) is 0.830. The number of amides is 1. The summed E-state index contributed by atoms with van der Waals surface area (Å²) in [5.41, 5.74) is 0.126. The topological polar surface area (TPSA) is 109 Å². The predicted molar refractivity (Wildman–Crippen MR) is 94.1 cm³/mol. The fraction of sp³-hybridized carbons (Fsp3) is 0.357. The average Bonchev–Trinajstić information content (AvgIpc) is 2.84. The van der Waals surface area contributed by atoms with Crippen molar-refractivity contribution in [2.75, 3.05) is 18.1 Å². The molecule has 7 nitrogen and oxygen atoms in total. The van der Waals surface area contributed by atoms with Crippen LogP contribution in [0.3, 0.4) is 0 Å². The molecule has 1 aliphatic heterocycles. The molecule has 0 spiro atoms. The van der Waals surface area contributed by atoms with Gasteiger partial charge in [-0.05, 0) is 40.5 Å². The maximum absolute atomic E-state index is 12.4. The number of sulfonamides is 1. The minimum absolute atomic E-state index is 0.0407. The Morgan fingerprint density at radius 3 is 2.71 bits per heavy atom. The van der Waals surface area contributed by atoms with E-state index in [9.17, 15) is 21.6 Å². The summed E-state index contributed by atoms with van der Waals surface area (Å²) in [7, 11) is -6.88. The van der Waals surface area contributed by atoms with Crippen LogP contribution in [0.1, 0.15) is 16.8 Å². The highest BCUT2D eigenvalue weighted by atomic mass is 79.9. The molecule has 132 valence electrons. The van der Waals surface area contributed by atoms with E-state index < -0.39 is 31.8 Å². The molecule has 0 bridgehead atoms. The van der Waals surface area contributed by atoms with Crippen molar-refractivity contribution in [3.05, 3.63) is 40.9 Å². The van der Waals surface area contributed by atoms with Gasteiger partial charge in [0, 0.05) is 17.1 Å². The summed E-state index contributed by atoms with van der Waals surface area (Å²) in [6, 6.07) is 3.61. The van der Waals surface area contributed by atoms with Crippen molar-refractivity contribution in [3.63, 3.8) is 0 Å². The van der Waals surface area contributed by atoms with E-state index in [0.29, 0.717) is 10.9 Å². The molecule has 1 aromatic carbocycles. The third kappa shape index (κ3) is 4.65. The number of hydrogen-bond donors (Lipinski definition) is 2. The molecular weight excluding hydrogens is 420 g/mol. The number of rotatable bonds is 6. The Kier molecular flexibility index (Phi) is 5.84. The van der Waals surface area contributed by atoms with Crippen molar-refractivity contribution < 1.29 is 21.6 Å². The number of hydrogen-bond acceptors (Lipinski definition) is 5. The molecule has 1 heterocycles. The minimum Gasteiger partial charge on any atom is -0.348 e. The first kappa shape index (κ1) is 19.1. The van der Waals surface area contributed by atoms with Gasteiger partial charge in [0.25, 0.3) is 5.91 Å². The number of benzene rings is 1. The second-order valence-electron chi connectivity index (χ2n) is 5.36. The largest absolute Gasteiger partial charge is 0.348 e. The van der Waals surface area contributed by atoms with Gasteiger partial charge >= 0.3 is 0 Å². The van der Waals surface area contributed by atoms with Gasteiger partial charge in [0.2, 0.25) is 10.0 Å². The smallest absolute Gasteiger partial charge is 0.252 e. The van der Waals surface area contributed by atoms with Gasteiger partial charge < -0.3 is 5.32 Å². The van der Waals surface area contributed by atoms with Crippen LogP contribution >= 0.6 is 15.9 Å². The highest BCUT2D eigenvalue weighted by Gasteiger charge is 2.29. The number of carbonyl (C=O) groups is 1. The number of nitrogens with one attached hydrogen (secondary N) is 2. The SMILES string of the molecule is C=CCNS(=O)(=O)c1ccc(Br)c(C(=O)N[C@H]2CCS(=O)(=O)C2)c1. The lowest BCUT2D eigenvalue weighted by molar-refractivity contribution is 0.0940. The van der Waals surface area contributed by atoms with Gasteiger partial charge in [0.1, 0.15) is 0 Å². The van der Waals surface area contributed by atoms with Crippen molar-refractivity contribution in [3.8, 4) is 0 Å². The summed E-state index contributed by atoms with van der Waals surface area (Å²) < 4.78 is 49.9. The van der Waals surface area contributed by atoms with Crippen molar-refractivity contribution in [2.45, 2.75) is 17.4 Å². The Hall–Kier alpha value is -1.23. The van der Waals surface area contributed by atoms with Gasteiger partial charge in [-0.25, -0.2) is 21.6 Å². The fourth-order valence-corrected chi connectivity index (χ4v) is 5.39. The van der Waals surface area contributed by atoms with Crippen molar-refractivity contribution in [1.29, 1.82) is 0 Å². The Bertz CT molecular complexity index is 865. The van der Waals surface area contributed by atoms with Crippen molar-refractivity contribution in [1.82, 2.24) is 10.0 Å². The highest BCUT2D eigenvalue weighted by molar-refractivity contribution is 9.10. The van der Waals surface area contributed by atoms with Crippen LogP contribution in [0.2, 0.25) is 0 Å². The average molecular weight is 437 g/mol.